The van der Waals surface area contributed by atoms with Crippen molar-refractivity contribution in [2.75, 3.05) is 13.2 Å². The Kier molecular flexibility index (Phi) is 6.08. The minimum atomic E-state index is -0.649. The van der Waals surface area contributed by atoms with E-state index in [1.807, 2.05) is 30.3 Å². The van der Waals surface area contributed by atoms with E-state index in [0.29, 0.717) is 6.42 Å². The lowest BCUT2D eigenvalue weighted by Gasteiger charge is -2.05. The molecule has 0 aromatic heterocycles. The van der Waals surface area contributed by atoms with Crippen LogP contribution in [0.4, 0.5) is 0 Å². The van der Waals surface area contributed by atoms with Gasteiger partial charge < -0.3 is 15.8 Å². The molecule has 1 aromatic carbocycles. The minimum Gasteiger partial charge on any atom is -0.456 e. The number of nitrogens with one attached hydrogen (secondary N) is 1. The van der Waals surface area contributed by atoms with E-state index in [1.54, 1.807) is 0 Å². The molecule has 102 valence electrons. The van der Waals surface area contributed by atoms with Crippen LogP contribution < -0.4 is 11.1 Å². The van der Waals surface area contributed by atoms with Crippen LogP contribution >= 0.6 is 0 Å². The van der Waals surface area contributed by atoms with Crippen LogP contribution in [0.25, 0.3) is 0 Å². The highest BCUT2D eigenvalue weighted by molar-refractivity contribution is 5.85. The normalized spacial score (nSPS) is 9.68. The van der Waals surface area contributed by atoms with E-state index in [1.165, 1.54) is 0 Å². The van der Waals surface area contributed by atoms with E-state index < -0.39 is 24.4 Å². The van der Waals surface area contributed by atoms with Gasteiger partial charge in [-0.15, -0.1) is 0 Å². The zero-order valence-electron chi connectivity index (χ0n) is 10.4. The van der Waals surface area contributed by atoms with E-state index in [-0.39, 0.29) is 13.0 Å². The molecule has 0 saturated carbocycles. The molecule has 0 aliphatic carbocycles. The highest BCUT2D eigenvalue weighted by Gasteiger charge is 2.08. The summed E-state index contributed by atoms with van der Waals surface area (Å²) in [6, 6.07) is 9.49. The Morgan fingerprint density at radius 2 is 1.84 bits per heavy atom. The smallest absolute Gasteiger partial charge is 0.306 e. The van der Waals surface area contributed by atoms with Gasteiger partial charge in [0.1, 0.15) is 0 Å². The third-order valence-corrected chi connectivity index (χ3v) is 2.28. The Morgan fingerprint density at radius 3 is 2.47 bits per heavy atom. The van der Waals surface area contributed by atoms with Crippen molar-refractivity contribution in [1.82, 2.24) is 5.32 Å². The van der Waals surface area contributed by atoms with Crippen molar-refractivity contribution in [3.8, 4) is 0 Å². The number of nitrogens with two attached hydrogens (primary N) is 1. The Hall–Kier alpha value is -2.37. The first-order valence-electron chi connectivity index (χ1n) is 5.82. The molecule has 6 heteroatoms. The fraction of sp³-hybridized carbons (Fsp3) is 0.308. The van der Waals surface area contributed by atoms with Crippen LogP contribution in [0.3, 0.4) is 0 Å². The zero-order chi connectivity index (χ0) is 14.1. The summed E-state index contributed by atoms with van der Waals surface area (Å²) in [7, 11) is 0. The van der Waals surface area contributed by atoms with Crippen molar-refractivity contribution in [3.05, 3.63) is 35.9 Å². The Morgan fingerprint density at radius 1 is 1.16 bits per heavy atom. The van der Waals surface area contributed by atoms with Gasteiger partial charge in [0.15, 0.2) is 6.61 Å². The van der Waals surface area contributed by atoms with E-state index in [4.69, 9.17) is 10.5 Å². The van der Waals surface area contributed by atoms with Gasteiger partial charge >= 0.3 is 5.97 Å². The van der Waals surface area contributed by atoms with Gasteiger partial charge in [0.2, 0.25) is 5.91 Å². The van der Waals surface area contributed by atoms with Crippen LogP contribution in [0.2, 0.25) is 0 Å². The van der Waals surface area contributed by atoms with Crippen molar-refractivity contribution in [1.29, 1.82) is 0 Å². The molecule has 0 fully saturated rings. The second-order valence-corrected chi connectivity index (χ2v) is 3.89. The molecular formula is C13H16N2O4. The number of esters is 1. The van der Waals surface area contributed by atoms with E-state index in [2.05, 4.69) is 5.32 Å². The summed E-state index contributed by atoms with van der Waals surface area (Å²) in [5, 5.41) is 2.22. The molecule has 19 heavy (non-hydrogen) atoms. The van der Waals surface area contributed by atoms with Gasteiger partial charge in [-0.2, -0.15) is 0 Å². The molecule has 1 aromatic rings. The number of carbonyl (C=O) groups is 3. The number of carbonyl (C=O) groups excluding carboxylic acids is 3. The highest BCUT2D eigenvalue weighted by Crippen LogP contribution is 2.03. The molecular weight excluding hydrogens is 248 g/mol. The molecule has 0 bridgehead atoms. The first-order valence-corrected chi connectivity index (χ1v) is 5.82. The SMILES string of the molecule is NC(=O)CNC(=O)COC(=O)CCc1ccccc1. The number of hydrogen-bond acceptors (Lipinski definition) is 4. The lowest BCUT2D eigenvalue weighted by molar-refractivity contribution is -0.148. The average molecular weight is 264 g/mol. The highest BCUT2D eigenvalue weighted by atomic mass is 16.5. The monoisotopic (exact) mass is 264 g/mol. The predicted octanol–water partition coefficient (Wildman–Crippen LogP) is -0.236. The number of aryl methyl sites for hydroxylation is 1. The average Bonchev–Trinajstić information content (AvgIpc) is 2.41. The van der Waals surface area contributed by atoms with Crippen molar-refractivity contribution in [2.24, 2.45) is 5.73 Å². The molecule has 3 N–H and O–H groups in total. The molecule has 0 heterocycles. The molecule has 0 radical (unpaired) electrons. The van der Waals surface area contributed by atoms with Crippen molar-refractivity contribution in [2.45, 2.75) is 12.8 Å². The lowest BCUT2D eigenvalue weighted by atomic mass is 10.1. The summed E-state index contributed by atoms with van der Waals surface area (Å²) in [5.74, 6) is -1.66. The first kappa shape index (κ1) is 14.7. The van der Waals surface area contributed by atoms with Crippen molar-refractivity contribution >= 4 is 17.8 Å². The first-order chi connectivity index (χ1) is 9.08. The van der Waals surface area contributed by atoms with E-state index in [0.717, 1.165) is 5.56 Å². The molecule has 0 saturated heterocycles. The number of hydrogen-bond donors (Lipinski definition) is 2. The lowest BCUT2D eigenvalue weighted by Crippen LogP contribution is -2.36. The molecule has 0 aliphatic heterocycles. The maximum absolute atomic E-state index is 11.4. The van der Waals surface area contributed by atoms with Gasteiger partial charge in [-0.25, -0.2) is 0 Å². The second-order valence-electron chi connectivity index (χ2n) is 3.89. The molecule has 0 unspecified atom stereocenters. The van der Waals surface area contributed by atoms with Gasteiger partial charge in [-0.3, -0.25) is 14.4 Å². The maximum Gasteiger partial charge on any atom is 0.306 e. The molecule has 2 amide bonds. The minimum absolute atomic E-state index is 0.202. The van der Waals surface area contributed by atoms with Crippen LogP contribution in [-0.4, -0.2) is 30.9 Å². The fourth-order valence-corrected chi connectivity index (χ4v) is 1.35. The third-order valence-electron chi connectivity index (χ3n) is 2.28. The Balaban J connectivity index is 2.17. The fourth-order valence-electron chi connectivity index (χ4n) is 1.35. The van der Waals surface area contributed by atoms with Crippen LogP contribution in [0.5, 0.6) is 0 Å². The molecule has 0 spiro atoms. The standard InChI is InChI=1S/C13H16N2O4/c14-11(16)8-15-12(17)9-19-13(18)7-6-10-4-2-1-3-5-10/h1-5H,6-9H2,(H2,14,16)(H,15,17). The molecule has 1 rings (SSSR count). The van der Waals surface area contributed by atoms with Gasteiger partial charge in [-0.1, -0.05) is 30.3 Å². The number of primary amides is 1. The number of rotatable bonds is 7. The molecule has 0 atom stereocenters. The Bertz CT molecular complexity index is 445. The van der Waals surface area contributed by atoms with E-state index in [9.17, 15) is 14.4 Å². The predicted molar refractivity (Wildman–Crippen MR) is 67.9 cm³/mol. The second kappa shape index (κ2) is 7.86. The summed E-state index contributed by atoms with van der Waals surface area (Å²) in [5.41, 5.74) is 5.87. The van der Waals surface area contributed by atoms with E-state index >= 15 is 0 Å². The summed E-state index contributed by atoms with van der Waals surface area (Å²) in [4.78, 5) is 32.9. The third kappa shape index (κ3) is 6.82. The van der Waals surface area contributed by atoms with Gasteiger partial charge in [0.05, 0.1) is 6.54 Å². The van der Waals surface area contributed by atoms with Crippen LogP contribution in [0, 0.1) is 0 Å². The maximum atomic E-state index is 11.4. The van der Waals surface area contributed by atoms with Crippen LogP contribution in [-0.2, 0) is 25.5 Å². The van der Waals surface area contributed by atoms with Gasteiger partial charge in [-0.05, 0) is 12.0 Å². The van der Waals surface area contributed by atoms with Crippen LogP contribution in [0.15, 0.2) is 30.3 Å². The molecule has 0 aliphatic rings. The molecule has 6 nitrogen and oxygen atoms in total. The summed E-state index contributed by atoms with van der Waals surface area (Å²) in [6.45, 7) is -0.665. The quantitative estimate of drug-likeness (QED) is 0.664. The largest absolute Gasteiger partial charge is 0.456 e. The number of amides is 2. The van der Waals surface area contributed by atoms with Crippen molar-refractivity contribution in [3.63, 3.8) is 0 Å². The summed E-state index contributed by atoms with van der Waals surface area (Å²) >= 11 is 0. The van der Waals surface area contributed by atoms with Gasteiger partial charge in [0.25, 0.3) is 5.91 Å². The number of ether oxygens (including phenoxy) is 1. The Labute approximate surface area is 110 Å². The number of benzene rings is 1. The topological polar surface area (TPSA) is 98.5 Å². The zero-order valence-corrected chi connectivity index (χ0v) is 10.4. The van der Waals surface area contributed by atoms with Crippen LogP contribution in [0.1, 0.15) is 12.0 Å². The summed E-state index contributed by atoms with van der Waals surface area (Å²) in [6.07, 6.45) is 0.760. The van der Waals surface area contributed by atoms with Crippen molar-refractivity contribution < 1.29 is 19.1 Å². The van der Waals surface area contributed by atoms with Gasteiger partial charge in [0, 0.05) is 6.42 Å². The summed E-state index contributed by atoms with van der Waals surface area (Å²) < 4.78 is 4.75.